The van der Waals surface area contributed by atoms with E-state index in [1.54, 1.807) is 4.90 Å². The molecule has 0 aliphatic heterocycles. The lowest BCUT2D eigenvalue weighted by Gasteiger charge is -2.23. The number of carbonyl (C=O) groups is 1. The van der Waals surface area contributed by atoms with Crippen molar-refractivity contribution in [1.82, 2.24) is 4.90 Å². The third-order valence-electron chi connectivity index (χ3n) is 2.42. The first kappa shape index (κ1) is 10.3. The summed E-state index contributed by atoms with van der Waals surface area (Å²) in [4.78, 5) is 13.5. The van der Waals surface area contributed by atoms with E-state index in [0.29, 0.717) is 13.1 Å². The lowest BCUT2D eigenvalue weighted by molar-refractivity contribution is -0.135. The fraction of sp³-hybridized carbons (Fsp3) is 0.700. The van der Waals surface area contributed by atoms with Crippen molar-refractivity contribution in [3.8, 4) is 0 Å². The number of carbonyl (C=O) groups excluding carboxylic acids is 1. The van der Waals surface area contributed by atoms with Crippen LogP contribution in [0.25, 0.3) is 0 Å². The van der Waals surface area contributed by atoms with Crippen LogP contribution in [-0.4, -0.2) is 35.6 Å². The maximum Gasteiger partial charge on any atom is 0.226 e. The Hall–Kier alpha value is -0.830. The van der Waals surface area contributed by atoms with Crippen LogP contribution in [-0.2, 0) is 4.79 Å². The molecule has 0 saturated heterocycles. The van der Waals surface area contributed by atoms with Gasteiger partial charge in [-0.25, -0.2) is 0 Å². The number of allylic oxidation sites excluding steroid dienone is 2. The molecule has 1 aliphatic rings. The molecule has 0 aromatic carbocycles. The third-order valence-corrected chi connectivity index (χ3v) is 2.42. The summed E-state index contributed by atoms with van der Waals surface area (Å²) in [5.41, 5.74) is 0. The maximum atomic E-state index is 11.7. The minimum atomic E-state index is 0.0553. The molecule has 1 N–H and O–H groups in total. The summed E-state index contributed by atoms with van der Waals surface area (Å²) in [7, 11) is 0. The van der Waals surface area contributed by atoms with Gasteiger partial charge in [0.05, 0.1) is 6.61 Å². The average Bonchev–Trinajstić information content (AvgIpc) is 2.65. The number of likely N-dealkylation sites (N-methyl/N-ethyl adjacent to an activating group) is 1. The Labute approximate surface area is 79.0 Å². The van der Waals surface area contributed by atoms with Gasteiger partial charge in [0, 0.05) is 19.0 Å². The summed E-state index contributed by atoms with van der Waals surface area (Å²) in [6.45, 7) is 3.15. The molecule has 1 aliphatic carbocycles. The average molecular weight is 183 g/mol. The summed E-state index contributed by atoms with van der Waals surface area (Å²) < 4.78 is 0. The standard InChI is InChI=1S/C10H17NO2/c1-2-11(7-8-12)10(13)9-5-3-4-6-9/h3-4,9,12H,2,5-8H2,1H3. The minimum Gasteiger partial charge on any atom is -0.395 e. The normalized spacial score (nSPS) is 16.5. The molecule has 3 nitrogen and oxygen atoms in total. The molecule has 0 aromatic heterocycles. The third kappa shape index (κ3) is 2.56. The van der Waals surface area contributed by atoms with Gasteiger partial charge in [0.2, 0.25) is 5.91 Å². The first-order valence-corrected chi connectivity index (χ1v) is 4.84. The van der Waals surface area contributed by atoms with Gasteiger partial charge in [0.25, 0.3) is 0 Å². The van der Waals surface area contributed by atoms with E-state index in [1.807, 2.05) is 6.92 Å². The van der Waals surface area contributed by atoms with Crippen molar-refractivity contribution in [2.45, 2.75) is 19.8 Å². The van der Waals surface area contributed by atoms with Crippen LogP contribution in [0.4, 0.5) is 0 Å². The van der Waals surface area contributed by atoms with E-state index >= 15 is 0 Å². The Morgan fingerprint density at radius 1 is 1.54 bits per heavy atom. The summed E-state index contributed by atoms with van der Waals surface area (Å²) in [5.74, 6) is 0.313. The molecule has 0 unspecified atom stereocenters. The smallest absolute Gasteiger partial charge is 0.226 e. The SMILES string of the molecule is CCN(CCO)C(=O)C1CC=CC1. The Morgan fingerprint density at radius 3 is 2.62 bits per heavy atom. The van der Waals surface area contributed by atoms with E-state index in [9.17, 15) is 4.79 Å². The first-order chi connectivity index (χ1) is 6.29. The van der Waals surface area contributed by atoms with Crippen LogP contribution in [0.2, 0.25) is 0 Å². The van der Waals surface area contributed by atoms with E-state index in [0.717, 1.165) is 12.8 Å². The molecule has 3 heteroatoms. The highest BCUT2D eigenvalue weighted by Crippen LogP contribution is 2.19. The van der Waals surface area contributed by atoms with Crippen LogP contribution in [0, 0.1) is 5.92 Å². The molecule has 0 bridgehead atoms. The Bertz CT molecular complexity index is 193. The fourth-order valence-electron chi connectivity index (χ4n) is 1.62. The molecule has 0 fully saturated rings. The Morgan fingerprint density at radius 2 is 2.15 bits per heavy atom. The Kier molecular flexibility index (Phi) is 3.96. The number of rotatable bonds is 4. The van der Waals surface area contributed by atoms with Crippen LogP contribution in [0.5, 0.6) is 0 Å². The van der Waals surface area contributed by atoms with E-state index < -0.39 is 0 Å². The summed E-state index contributed by atoms with van der Waals surface area (Å²) >= 11 is 0. The molecule has 74 valence electrons. The lowest BCUT2D eigenvalue weighted by atomic mass is 10.1. The zero-order valence-electron chi connectivity index (χ0n) is 8.07. The summed E-state index contributed by atoms with van der Waals surface area (Å²) in [6.07, 6.45) is 5.83. The fourth-order valence-corrected chi connectivity index (χ4v) is 1.62. The minimum absolute atomic E-state index is 0.0553. The van der Waals surface area contributed by atoms with Gasteiger partial charge in [-0.2, -0.15) is 0 Å². The van der Waals surface area contributed by atoms with Crippen molar-refractivity contribution >= 4 is 5.91 Å². The molecule has 0 atom stereocenters. The molecule has 0 radical (unpaired) electrons. The van der Waals surface area contributed by atoms with Crippen molar-refractivity contribution in [2.24, 2.45) is 5.92 Å². The topological polar surface area (TPSA) is 40.5 Å². The number of amides is 1. The van der Waals surface area contributed by atoms with Gasteiger partial charge in [-0.15, -0.1) is 0 Å². The van der Waals surface area contributed by atoms with Gasteiger partial charge in [-0.3, -0.25) is 4.79 Å². The summed E-state index contributed by atoms with van der Waals surface area (Å²) in [6, 6.07) is 0. The highest BCUT2D eigenvalue weighted by Gasteiger charge is 2.23. The van der Waals surface area contributed by atoms with Gasteiger partial charge in [0.1, 0.15) is 0 Å². The van der Waals surface area contributed by atoms with Crippen molar-refractivity contribution in [3.05, 3.63) is 12.2 Å². The highest BCUT2D eigenvalue weighted by atomic mass is 16.3. The van der Waals surface area contributed by atoms with E-state index in [-0.39, 0.29) is 18.4 Å². The molecule has 0 aromatic rings. The van der Waals surface area contributed by atoms with Crippen LogP contribution >= 0.6 is 0 Å². The van der Waals surface area contributed by atoms with Gasteiger partial charge < -0.3 is 10.0 Å². The van der Waals surface area contributed by atoms with E-state index in [4.69, 9.17) is 5.11 Å². The van der Waals surface area contributed by atoms with E-state index in [2.05, 4.69) is 12.2 Å². The van der Waals surface area contributed by atoms with Crippen molar-refractivity contribution < 1.29 is 9.90 Å². The number of nitrogens with zero attached hydrogens (tertiary/aromatic N) is 1. The van der Waals surface area contributed by atoms with Crippen LogP contribution < -0.4 is 0 Å². The zero-order chi connectivity index (χ0) is 9.68. The molecule has 1 amide bonds. The second-order valence-electron chi connectivity index (χ2n) is 3.28. The quantitative estimate of drug-likeness (QED) is 0.655. The molecule has 13 heavy (non-hydrogen) atoms. The van der Waals surface area contributed by atoms with Crippen molar-refractivity contribution in [3.63, 3.8) is 0 Å². The lowest BCUT2D eigenvalue weighted by Crippen LogP contribution is -2.37. The second-order valence-corrected chi connectivity index (χ2v) is 3.28. The van der Waals surface area contributed by atoms with Crippen LogP contribution in [0.1, 0.15) is 19.8 Å². The van der Waals surface area contributed by atoms with Gasteiger partial charge in [-0.1, -0.05) is 12.2 Å². The molecular formula is C10H17NO2. The largest absolute Gasteiger partial charge is 0.395 e. The van der Waals surface area contributed by atoms with Crippen molar-refractivity contribution in [1.29, 1.82) is 0 Å². The molecule has 0 spiro atoms. The first-order valence-electron chi connectivity index (χ1n) is 4.84. The van der Waals surface area contributed by atoms with E-state index in [1.165, 1.54) is 0 Å². The van der Waals surface area contributed by atoms with Crippen LogP contribution in [0.3, 0.4) is 0 Å². The molecular weight excluding hydrogens is 166 g/mol. The number of hydrogen-bond acceptors (Lipinski definition) is 2. The number of hydrogen-bond donors (Lipinski definition) is 1. The second kappa shape index (κ2) is 5.02. The predicted molar refractivity (Wildman–Crippen MR) is 51.2 cm³/mol. The predicted octanol–water partition coefficient (Wildman–Crippen LogP) is 0.793. The molecule has 1 rings (SSSR count). The monoisotopic (exact) mass is 183 g/mol. The molecule has 0 heterocycles. The summed E-state index contributed by atoms with van der Waals surface area (Å²) in [5, 5.41) is 8.75. The van der Waals surface area contributed by atoms with Gasteiger partial charge in [-0.05, 0) is 19.8 Å². The number of aliphatic hydroxyl groups excluding tert-OH is 1. The Balaban J connectivity index is 2.43. The van der Waals surface area contributed by atoms with Gasteiger partial charge in [0.15, 0.2) is 0 Å². The number of aliphatic hydroxyl groups is 1. The highest BCUT2D eigenvalue weighted by molar-refractivity contribution is 5.79. The zero-order valence-corrected chi connectivity index (χ0v) is 8.07. The molecule has 0 saturated carbocycles. The van der Waals surface area contributed by atoms with Crippen molar-refractivity contribution in [2.75, 3.05) is 19.7 Å². The van der Waals surface area contributed by atoms with Crippen LogP contribution in [0.15, 0.2) is 12.2 Å². The van der Waals surface area contributed by atoms with Gasteiger partial charge >= 0.3 is 0 Å². The maximum absolute atomic E-state index is 11.7.